The Bertz CT molecular complexity index is 1190. The molecule has 0 unspecified atom stereocenters. The highest BCUT2D eigenvalue weighted by Gasteiger charge is 2.14. The average Bonchev–Trinajstić information content (AvgIpc) is 3.30. The Morgan fingerprint density at radius 3 is 2.35 bits per heavy atom. The Labute approximate surface area is 177 Å². The van der Waals surface area contributed by atoms with Crippen LogP contribution < -0.4 is 14.2 Å². The second-order valence-electron chi connectivity index (χ2n) is 6.54. The van der Waals surface area contributed by atoms with Gasteiger partial charge in [-0.1, -0.05) is 5.16 Å². The van der Waals surface area contributed by atoms with Gasteiger partial charge in [-0.2, -0.15) is 4.98 Å². The smallest absolute Gasteiger partial charge is 0.258 e. The van der Waals surface area contributed by atoms with Crippen LogP contribution in [0.25, 0.3) is 22.8 Å². The van der Waals surface area contributed by atoms with Crippen molar-refractivity contribution in [2.45, 2.75) is 6.61 Å². The van der Waals surface area contributed by atoms with Crippen LogP contribution in [0.4, 0.5) is 8.78 Å². The Morgan fingerprint density at radius 1 is 0.839 bits per heavy atom. The number of hydrogen-bond donors (Lipinski definition) is 0. The van der Waals surface area contributed by atoms with Crippen molar-refractivity contribution in [2.75, 3.05) is 14.2 Å². The van der Waals surface area contributed by atoms with Crippen molar-refractivity contribution in [1.82, 2.24) is 10.1 Å². The summed E-state index contributed by atoms with van der Waals surface area (Å²) in [5.41, 5.74) is 1.50. The van der Waals surface area contributed by atoms with Crippen molar-refractivity contribution in [1.29, 1.82) is 0 Å². The van der Waals surface area contributed by atoms with Gasteiger partial charge < -0.3 is 18.7 Å². The van der Waals surface area contributed by atoms with Crippen molar-refractivity contribution in [2.24, 2.45) is 0 Å². The van der Waals surface area contributed by atoms with E-state index in [1.807, 2.05) is 12.1 Å². The minimum absolute atomic E-state index is 0.105. The molecule has 0 fully saturated rings. The number of halogens is 2. The van der Waals surface area contributed by atoms with Crippen molar-refractivity contribution >= 4 is 0 Å². The van der Waals surface area contributed by atoms with E-state index < -0.39 is 11.6 Å². The van der Waals surface area contributed by atoms with E-state index in [0.717, 1.165) is 29.5 Å². The molecule has 158 valence electrons. The summed E-state index contributed by atoms with van der Waals surface area (Å²) in [7, 11) is 3.07. The largest absolute Gasteiger partial charge is 0.497 e. The molecule has 0 N–H and O–H groups in total. The molecule has 31 heavy (non-hydrogen) atoms. The molecule has 0 amide bonds. The van der Waals surface area contributed by atoms with Crippen LogP contribution >= 0.6 is 0 Å². The number of hydrogen-bond acceptors (Lipinski definition) is 6. The molecule has 0 saturated heterocycles. The van der Waals surface area contributed by atoms with Crippen molar-refractivity contribution in [3.8, 4) is 40.1 Å². The predicted molar refractivity (Wildman–Crippen MR) is 109 cm³/mol. The van der Waals surface area contributed by atoms with E-state index in [9.17, 15) is 8.78 Å². The minimum atomic E-state index is -0.546. The van der Waals surface area contributed by atoms with Crippen LogP contribution in [0.3, 0.4) is 0 Å². The van der Waals surface area contributed by atoms with E-state index in [1.165, 1.54) is 7.11 Å². The van der Waals surface area contributed by atoms with E-state index in [2.05, 4.69) is 10.1 Å². The molecule has 1 aromatic heterocycles. The van der Waals surface area contributed by atoms with Crippen LogP contribution in [-0.2, 0) is 6.61 Å². The van der Waals surface area contributed by atoms with Crippen LogP contribution in [-0.4, -0.2) is 24.4 Å². The van der Waals surface area contributed by atoms with Crippen LogP contribution in [0.1, 0.15) is 5.56 Å². The standard InChI is InChI=1S/C23H18F2N2O4/c1-28-18-7-3-14(4-8-18)23-26-22(27-31-23)15-5-10-20(21(12-15)29-2)30-13-16-11-17(24)6-9-19(16)25/h3-12H,13H2,1-2H3. The van der Waals surface area contributed by atoms with Crippen LogP contribution in [0.2, 0.25) is 0 Å². The molecule has 0 saturated carbocycles. The summed E-state index contributed by atoms with van der Waals surface area (Å²) in [4.78, 5) is 4.42. The molecule has 8 heteroatoms. The maximum absolute atomic E-state index is 13.8. The van der Waals surface area contributed by atoms with Crippen LogP contribution in [0.15, 0.2) is 65.2 Å². The van der Waals surface area contributed by atoms with E-state index in [1.54, 1.807) is 37.4 Å². The zero-order valence-corrected chi connectivity index (χ0v) is 16.8. The maximum atomic E-state index is 13.8. The quantitative estimate of drug-likeness (QED) is 0.402. The first kappa shape index (κ1) is 20.3. The fraction of sp³-hybridized carbons (Fsp3) is 0.130. The first-order valence-corrected chi connectivity index (χ1v) is 9.30. The van der Waals surface area contributed by atoms with Gasteiger partial charge in [-0.15, -0.1) is 0 Å². The summed E-state index contributed by atoms with van der Waals surface area (Å²) < 4.78 is 48.7. The fourth-order valence-electron chi connectivity index (χ4n) is 2.93. The molecule has 0 atom stereocenters. The highest BCUT2D eigenvalue weighted by Crippen LogP contribution is 2.33. The van der Waals surface area contributed by atoms with Gasteiger partial charge in [0.25, 0.3) is 5.89 Å². The molecular weight excluding hydrogens is 406 g/mol. The third-order valence-electron chi connectivity index (χ3n) is 4.58. The van der Waals surface area contributed by atoms with Gasteiger partial charge in [-0.25, -0.2) is 8.78 Å². The van der Waals surface area contributed by atoms with E-state index in [-0.39, 0.29) is 12.2 Å². The number of benzene rings is 3. The third kappa shape index (κ3) is 4.48. The zero-order valence-electron chi connectivity index (χ0n) is 16.8. The third-order valence-corrected chi connectivity index (χ3v) is 4.58. The molecule has 4 rings (SSSR count). The van der Waals surface area contributed by atoms with E-state index >= 15 is 0 Å². The van der Waals surface area contributed by atoms with Gasteiger partial charge in [0.1, 0.15) is 24.0 Å². The maximum Gasteiger partial charge on any atom is 0.258 e. The Hall–Kier alpha value is -3.94. The monoisotopic (exact) mass is 424 g/mol. The zero-order chi connectivity index (χ0) is 21.8. The Balaban J connectivity index is 1.54. The van der Waals surface area contributed by atoms with E-state index in [0.29, 0.717) is 28.8 Å². The SMILES string of the molecule is COc1ccc(-c2nc(-c3ccc(OCc4cc(F)ccc4F)c(OC)c3)no2)cc1. The molecule has 6 nitrogen and oxygen atoms in total. The molecule has 0 spiro atoms. The number of methoxy groups -OCH3 is 2. The normalized spacial score (nSPS) is 10.7. The second-order valence-corrected chi connectivity index (χ2v) is 6.54. The lowest BCUT2D eigenvalue weighted by molar-refractivity contribution is 0.279. The molecule has 0 bridgehead atoms. The van der Waals surface area contributed by atoms with Gasteiger partial charge in [0.05, 0.1) is 14.2 Å². The summed E-state index contributed by atoms with van der Waals surface area (Å²) in [5, 5.41) is 4.02. The van der Waals surface area contributed by atoms with Crippen LogP contribution in [0, 0.1) is 11.6 Å². The number of rotatable bonds is 7. The van der Waals surface area contributed by atoms with Gasteiger partial charge in [-0.3, -0.25) is 0 Å². The Morgan fingerprint density at radius 2 is 1.61 bits per heavy atom. The number of nitrogens with zero attached hydrogens (tertiary/aromatic N) is 2. The lowest BCUT2D eigenvalue weighted by atomic mass is 10.2. The fourth-order valence-corrected chi connectivity index (χ4v) is 2.93. The number of ether oxygens (including phenoxy) is 3. The summed E-state index contributed by atoms with van der Waals surface area (Å²) in [6.07, 6.45) is 0. The highest BCUT2D eigenvalue weighted by molar-refractivity contribution is 5.63. The summed E-state index contributed by atoms with van der Waals surface area (Å²) >= 11 is 0. The highest BCUT2D eigenvalue weighted by atomic mass is 19.1. The first-order chi connectivity index (χ1) is 15.1. The molecule has 1 heterocycles. The second kappa shape index (κ2) is 8.83. The lowest BCUT2D eigenvalue weighted by Gasteiger charge is -2.12. The van der Waals surface area contributed by atoms with Gasteiger partial charge in [0, 0.05) is 16.7 Å². The Kier molecular flexibility index (Phi) is 5.79. The van der Waals surface area contributed by atoms with Crippen molar-refractivity contribution in [3.05, 3.63) is 77.9 Å². The van der Waals surface area contributed by atoms with Gasteiger partial charge in [0.2, 0.25) is 5.82 Å². The van der Waals surface area contributed by atoms with Gasteiger partial charge in [0.15, 0.2) is 11.5 Å². The molecule has 4 aromatic rings. The molecule has 0 aliphatic rings. The van der Waals surface area contributed by atoms with Gasteiger partial charge in [-0.05, 0) is 60.7 Å². The predicted octanol–water partition coefficient (Wildman–Crippen LogP) is 5.28. The summed E-state index contributed by atoms with van der Waals surface area (Å²) in [6, 6.07) is 15.5. The van der Waals surface area contributed by atoms with E-state index in [4.69, 9.17) is 18.7 Å². The van der Waals surface area contributed by atoms with Gasteiger partial charge >= 0.3 is 0 Å². The molecule has 0 radical (unpaired) electrons. The first-order valence-electron chi connectivity index (χ1n) is 9.30. The van der Waals surface area contributed by atoms with Crippen LogP contribution in [0.5, 0.6) is 17.2 Å². The minimum Gasteiger partial charge on any atom is -0.497 e. The van der Waals surface area contributed by atoms with Crippen molar-refractivity contribution in [3.63, 3.8) is 0 Å². The molecule has 0 aliphatic heterocycles. The van der Waals surface area contributed by atoms with Crippen molar-refractivity contribution < 1.29 is 27.5 Å². The number of aromatic nitrogens is 2. The average molecular weight is 424 g/mol. The lowest BCUT2D eigenvalue weighted by Crippen LogP contribution is -2.01. The summed E-state index contributed by atoms with van der Waals surface area (Å²) in [5.74, 6) is 1.13. The topological polar surface area (TPSA) is 66.6 Å². The summed E-state index contributed by atoms with van der Waals surface area (Å²) in [6.45, 7) is -0.150. The molecule has 0 aliphatic carbocycles. The molecule has 3 aromatic carbocycles. The molecular formula is C23H18F2N2O4.